The summed E-state index contributed by atoms with van der Waals surface area (Å²) in [6.45, 7) is 12.5. The zero-order valence-corrected chi connectivity index (χ0v) is 11.3. The number of hydrogen-bond donors (Lipinski definition) is 2. The van der Waals surface area contributed by atoms with Crippen molar-refractivity contribution in [2.45, 2.75) is 46.6 Å². The standard InChI is InChI=1S/C12H28N4/c1-5-7-8-14-12(13)15-9-10-16(6-2)11(3)4/h11H,5-10H2,1-4H3,(H3,13,14,15). The number of nitrogens with zero attached hydrogens (tertiary/aromatic N) is 2. The Bertz CT molecular complexity index is 189. The first-order valence-corrected chi connectivity index (χ1v) is 6.39. The molecular formula is C12H28N4. The van der Waals surface area contributed by atoms with Gasteiger partial charge in [-0.15, -0.1) is 0 Å². The monoisotopic (exact) mass is 228 g/mol. The van der Waals surface area contributed by atoms with E-state index in [4.69, 9.17) is 5.73 Å². The van der Waals surface area contributed by atoms with Crippen LogP contribution in [0.1, 0.15) is 40.5 Å². The van der Waals surface area contributed by atoms with Crippen LogP contribution in [-0.2, 0) is 0 Å². The lowest BCUT2D eigenvalue weighted by Crippen LogP contribution is -2.41. The van der Waals surface area contributed by atoms with E-state index < -0.39 is 0 Å². The molecule has 0 aliphatic carbocycles. The molecule has 96 valence electrons. The van der Waals surface area contributed by atoms with Crippen molar-refractivity contribution in [3.63, 3.8) is 0 Å². The molecule has 0 atom stereocenters. The van der Waals surface area contributed by atoms with Crippen molar-refractivity contribution >= 4 is 5.96 Å². The summed E-state index contributed by atoms with van der Waals surface area (Å²) in [6.07, 6.45) is 2.27. The lowest BCUT2D eigenvalue weighted by molar-refractivity contribution is 0.237. The van der Waals surface area contributed by atoms with Crippen LogP contribution in [0.25, 0.3) is 0 Å². The van der Waals surface area contributed by atoms with E-state index in [-0.39, 0.29) is 0 Å². The summed E-state index contributed by atoms with van der Waals surface area (Å²) < 4.78 is 0. The molecule has 0 aliphatic rings. The fraction of sp³-hybridized carbons (Fsp3) is 0.917. The minimum Gasteiger partial charge on any atom is -0.370 e. The largest absolute Gasteiger partial charge is 0.370 e. The summed E-state index contributed by atoms with van der Waals surface area (Å²) in [5.41, 5.74) is 5.74. The molecule has 0 aromatic carbocycles. The number of hydrogen-bond acceptors (Lipinski definition) is 2. The number of aliphatic imine (C=N–C) groups is 1. The molecule has 0 saturated heterocycles. The van der Waals surface area contributed by atoms with Gasteiger partial charge in [0.2, 0.25) is 0 Å². The summed E-state index contributed by atoms with van der Waals surface area (Å²) in [5, 5.41) is 3.15. The molecule has 0 aromatic heterocycles. The van der Waals surface area contributed by atoms with Gasteiger partial charge in [-0.3, -0.25) is 9.89 Å². The van der Waals surface area contributed by atoms with Crippen LogP contribution in [0.5, 0.6) is 0 Å². The van der Waals surface area contributed by atoms with Crippen molar-refractivity contribution in [2.24, 2.45) is 10.7 Å². The smallest absolute Gasteiger partial charge is 0.188 e. The average Bonchev–Trinajstić information content (AvgIpc) is 2.24. The van der Waals surface area contributed by atoms with Crippen LogP contribution < -0.4 is 11.1 Å². The Morgan fingerprint density at radius 2 is 2.06 bits per heavy atom. The van der Waals surface area contributed by atoms with Gasteiger partial charge in [-0.05, 0) is 26.8 Å². The summed E-state index contributed by atoms with van der Waals surface area (Å²) in [4.78, 5) is 6.64. The maximum Gasteiger partial charge on any atom is 0.188 e. The zero-order valence-electron chi connectivity index (χ0n) is 11.3. The molecule has 16 heavy (non-hydrogen) atoms. The molecule has 0 bridgehead atoms. The second-order valence-electron chi connectivity index (χ2n) is 4.27. The molecule has 0 radical (unpaired) electrons. The molecule has 0 heterocycles. The van der Waals surface area contributed by atoms with Gasteiger partial charge >= 0.3 is 0 Å². The summed E-state index contributed by atoms with van der Waals surface area (Å²) >= 11 is 0. The molecule has 0 unspecified atom stereocenters. The van der Waals surface area contributed by atoms with E-state index in [0.29, 0.717) is 12.0 Å². The molecule has 0 fully saturated rings. The summed E-state index contributed by atoms with van der Waals surface area (Å²) in [7, 11) is 0. The van der Waals surface area contributed by atoms with Crippen LogP contribution in [0.3, 0.4) is 0 Å². The minimum atomic E-state index is 0.577. The maximum absolute atomic E-state index is 5.74. The highest BCUT2D eigenvalue weighted by Gasteiger charge is 2.05. The molecule has 0 spiro atoms. The van der Waals surface area contributed by atoms with Gasteiger partial charge in [-0.2, -0.15) is 0 Å². The second-order valence-corrected chi connectivity index (χ2v) is 4.27. The van der Waals surface area contributed by atoms with Crippen molar-refractivity contribution < 1.29 is 0 Å². The molecule has 0 aliphatic heterocycles. The zero-order chi connectivity index (χ0) is 12.4. The lowest BCUT2D eigenvalue weighted by atomic mass is 10.3. The Labute approximate surface area is 100 Å². The highest BCUT2D eigenvalue weighted by Crippen LogP contribution is 1.95. The highest BCUT2D eigenvalue weighted by atomic mass is 15.2. The number of nitrogens with one attached hydrogen (secondary N) is 1. The second kappa shape index (κ2) is 9.46. The van der Waals surface area contributed by atoms with Gasteiger partial charge in [-0.1, -0.05) is 20.3 Å². The van der Waals surface area contributed by atoms with Crippen LogP contribution in [-0.4, -0.2) is 43.1 Å². The molecular weight excluding hydrogens is 200 g/mol. The first-order chi connectivity index (χ1) is 7.61. The number of likely N-dealkylation sites (N-methyl/N-ethyl adjacent to an activating group) is 1. The Morgan fingerprint density at radius 1 is 1.38 bits per heavy atom. The van der Waals surface area contributed by atoms with Crippen LogP contribution in [0.4, 0.5) is 0 Å². The third-order valence-corrected chi connectivity index (χ3v) is 2.64. The molecule has 4 nitrogen and oxygen atoms in total. The predicted molar refractivity (Wildman–Crippen MR) is 71.8 cm³/mol. The Hall–Kier alpha value is -0.770. The van der Waals surface area contributed by atoms with Crippen LogP contribution in [0, 0.1) is 0 Å². The fourth-order valence-electron chi connectivity index (χ4n) is 1.52. The number of unbranched alkanes of at least 4 members (excludes halogenated alkanes) is 1. The first kappa shape index (κ1) is 15.2. The predicted octanol–water partition coefficient (Wildman–Crippen LogP) is 1.42. The lowest BCUT2D eigenvalue weighted by Gasteiger charge is -2.24. The quantitative estimate of drug-likeness (QED) is 0.375. The third-order valence-electron chi connectivity index (χ3n) is 2.64. The first-order valence-electron chi connectivity index (χ1n) is 6.39. The molecule has 4 heteroatoms. The van der Waals surface area contributed by atoms with Crippen molar-refractivity contribution in [2.75, 3.05) is 26.2 Å². The molecule has 0 aromatic rings. The maximum atomic E-state index is 5.74. The molecule has 0 amide bonds. The van der Waals surface area contributed by atoms with E-state index in [1.165, 1.54) is 0 Å². The topological polar surface area (TPSA) is 53.6 Å². The van der Waals surface area contributed by atoms with Crippen molar-refractivity contribution in [3.05, 3.63) is 0 Å². The van der Waals surface area contributed by atoms with E-state index in [1.807, 2.05) is 0 Å². The van der Waals surface area contributed by atoms with Gasteiger partial charge in [0.1, 0.15) is 0 Å². The minimum absolute atomic E-state index is 0.577. The van der Waals surface area contributed by atoms with Gasteiger partial charge in [0.05, 0.1) is 0 Å². The Balaban J connectivity index is 3.67. The van der Waals surface area contributed by atoms with Crippen molar-refractivity contribution in [3.8, 4) is 0 Å². The summed E-state index contributed by atoms with van der Waals surface area (Å²) in [6, 6.07) is 0.588. The van der Waals surface area contributed by atoms with Gasteiger partial charge in [0, 0.05) is 25.7 Å². The summed E-state index contributed by atoms with van der Waals surface area (Å²) in [5.74, 6) is 0.577. The van der Waals surface area contributed by atoms with E-state index >= 15 is 0 Å². The fourth-order valence-corrected chi connectivity index (χ4v) is 1.52. The third kappa shape index (κ3) is 7.51. The van der Waals surface area contributed by atoms with E-state index in [0.717, 1.165) is 39.0 Å². The molecule has 0 rings (SSSR count). The van der Waals surface area contributed by atoms with Crippen LogP contribution in [0.15, 0.2) is 4.99 Å². The Kier molecular flexibility index (Phi) is 9.00. The van der Waals surface area contributed by atoms with Gasteiger partial charge in [0.25, 0.3) is 0 Å². The molecule has 0 saturated carbocycles. The van der Waals surface area contributed by atoms with Gasteiger partial charge < -0.3 is 11.1 Å². The number of rotatable bonds is 8. The van der Waals surface area contributed by atoms with Crippen molar-refractivity contribution in [1.29, 1.82) is 0 Å². The van der Waals surface area contributed by atoms with Crippen molar-refractivity contribution in [1.82, 2.24) is 10.2 Å². The van der Waals surface area contributed by atoms with E-state index in [1.54, 1.807) is 0 Å². The van der Waals surface area contributed by atoms with E-state index in [2.05, 4.69) is 42.9 Å². The highest BCUT2D eigenvalue weighted by molar-refractivity contribution is 5.77. The van der Waals surface area contributed by atoms with Gasteiger partial charge in [0.15, 0.2) is 5.96 Å². The normalized spacial score (nSPS) is 12.5. The van der Waals surface area contributed by atoms with Crippen LogP contribution >= 0.6 is 0 Å². The average molecular weight is 228 g/mol. The number of nitrogens with two attached hydrogens (primary N) is 1. The van der Waals surface area contributed by atoms with E-state index in [9.17, 15) is 0 Å². The molecule has 3 N–H and O–H groups in total. The Morgan fingerprint density at radius 3 is 2.56 bits per heavy atom. The van der Waals surface area contributed by atoms with Crippen LogP contribution in [0.2, 0.25) is 0 Å². The SMILES string of the molecule is CCCCN=C(N)NCCN(CC)C(C)C. The van der Waals surface area contributed by atoms with Gasteiger partial charge in [-0.25, -0.2) is 0 Å². The number of guanidine groups is 1.